The lowest BCUT2D eigenvalue weighted by atomic mass is 9.98. The molecule has 0 rings (SSSR count). The van der Waals surface area contributed by atoms with Crippen LogP contribution in [0.3, 0.4) is 0 Å². The van der Waals surface area contributed by atoms with E-state index < -0.39 is 72.0 Å². The Morgan fingerprint density at radius 2 is 1.40 bits per heavy atom. The van der Waals surface area contributed by atoms with Gasteiger partial charge in [-0.15, -0.1) is 0 Å². The van der Waals surface area contributed by atoms with E-state index in [1.807, 2.05) is 0 Å². The van der Waals surface area contributed by atoms with Crippen LogP contribution in [0.1, 0.15) is 58.8 Å². The zero-order valence-electron chi connectivity index (χ0n) is 20.2. The van der Waals surface area contributed by atoms with Crippen molar-refractivity contribution >= 4 is 35.5 Å². The Balaban J connectivity index is 5.56. The average molecular weight is 502 g/mol. The van der Waals surface area contributed by atoms with Gasteiger partial charge in [-0.2, -0.15) is 0 Å². The summed E-state index contributed by atoms with van der Waals surface area (Å²) in [4.78, 5) is 72.3. The predicted octanol–water partition coefficient (Wildman–Crippen LogP) is -2.83. The molecule has 0 heterocycles. The number of amides is 5. The topological polar surface area (TPSA) is 263 Å². The normalized spacial score (nSPS) is 15.1. The number of nitrogens with one attached hydrogen (secondary N) is 3. The van der Waals surface area contributed by atoms with E-state index in [0.717, 1.165) is 0 Å². The number of aliphatic carboxylic acids is 1. The Hall–Kier alpha value is -3.26. The number of nitrogens with two attached hydrogens (primary N) is 4. The molecule has 14 heteroatoms. The lowest BCUT2D eigenvalue weighted by molar-refractivity contribution is -0.144. The minimum absolute atomic E-state index is 0.196. The fraction of sp³-hybridized carbons (Fsp3) is 0.714. The second kappa shape index (κ2) is 16.4. The summed E-state index contributed by atoms with van der Waals surface area (Å²) in [5.41, 5.74) is 21.6. The van der Waals surface area contributed by atoms with Gasteiger partial charge in [-0.3, -0.25) is 24.0 Å². The number of carboxylic acid groups (broad SMARTS) is 1. The Morgan fingerprint density at radius 1 is 0.829 bits per heavy atom. The van der Waals surface area contributed by atoms with E-state index in [0.29, 0.717) is 32.2 Å². The van der Waals surface area contributed by atoms with Crippen LogP contribution in [0.2, 0.25) is 0 Å². The standard InChI is InChI=1S/C21H39N7O7/c1-3-11(2)17(21(34)35)28-20(33)14(10-16(25)30)27-19(32)13(7-8-15(24)29)26-18(31)12(23)6-4-5-9-22/h11-14,17H,3-10,22-23H2,1-2H3,(H2,24,29)(H2,25,30)(H,26,31)(H,27,32)(H,28,33)(H,34,35). The van der Waals surface area contributed by atoms with Gasteiger partial charge in [0.15, 0.2) is 0 Å². The first-order chi connectivity index (χ1) is 16.3. The molecule has 12 N–H and O–H groups in total. The molecule has 0 saturated heterocycles. The summed E-state index contributed by atoms with van der Waals surface area (Å²) in [5.74, 6) is -5.88. The van der Waals surface area contributed by atoms with Crippen LogP contribution in [0.25, 0.3) is 0 Å². The quantitative estimate of drug-likeness (QED) is 0.0898. The highest BCUT2D eigenvalue weighted by Gasteiger charge is 2.32. The molecule has 5 atom stereocenters. The van der Waals surface area contributed by atoms with E-state index in [4.69, 9.17) is 22.9 Å². The van der Waals surface area contributed by atoms with Gasteiger partial charge in [0.25, 0.3) is 0 Å². The molecule has 0 aliphatic rings. The third kappa shape index (κ3) is 12.7. The third-order valence-electron chi connectivity index (χ3n) is 5.43. The van der Waals surface area contributed by atoms with E-state index in [2.05, 4.69) is 16.0 Å². The molecule has 0 aromatic carbocycles. The summed E-state index contributed by atoms with van der Waals surface area (Å²) in [6, 6.07) is -5.03. The Labute approximate surface area is 204 Å². The molecule has 0 aromatic rings. The highest BCUT2D eigenvalue weighted by atomic mass is 16.4. The van der Waals surface area contributed by atoms with E-state index in [1.165, 1.54) is 0 Å². The molecule has 0 fully saturated rings. The minimum atomic E-state index is -1.52. The Morgan fingerprint density at radius 3 is 1.89 bits per heavy atom. The monoisotopic (exact) mass is 501 g/mol. The van der Waals surface area contributed by atoms with Gasteiger partial charge in [-0.05, 0) is 31.7 Å². The summed E-state index contributed by atoms with van der Waals surface area (Å²) in [5, 5.41) is 16.4. The van der Waals surface area contributed by atoms with Crippen LogP contribution in [0.15, 0.2) is 0 Å². The fourth-order valence-corrected chi connectivity index (χ4v) is 3.09. The first-order valence-corrected chi connectivity index (χ1v) is 11.5. The van der Waals surface area contributed by atoms with E-state index in [1.54, 1.807) is 13.8 Å². The van der Waals surface area contributed by atoms with Gasteiger partial charge in [0.2, 0.25) is 29.5 Å². The van der Waals surface area contributed by atoms with Gasteiger partial charge in [0.1, 0.15) is 18.1 Å². The number of unbranched alkanes of at least 4 members (excludes halogenated alkanes) is 1. The second-order valence-electron chi connectivity index (χ2n) is 8.40. The van der Waals surface area contributed by atoms with Crippen molar-refractivity contribution in [2.24, 2.45) is 28.9 Å². The summed E-state index contributed by atoms with van der Waals surface area (Å²) < 4.78 is 0. The summed E-state index contributed by atoms with van der Waals surface area (Å²) in [6.07, 6.45) is 0.915. The lowest BCUT2D eigenvalue weighted by Gasteiger charge is -2.26. The first kappa shape index (κ1) is 31.7. The molecule has 0 spiro atoms. The zero-order valence-corrected chi connectivity index (χ0v) is 20.2. The van der Waals surface area contributed by atoms with Gasteiger partial charge < -0.3 is 44.0 Å². The number of hydrogen-bond acceptors (Lipinski definition) is 8. The van der Waals surface area contributed by atoms with Crippen molar-refractivity contribution in [1.29, 1.82) is 0 Å². The minimum Gasteiger partial charge on any atom is -0.480 e. The molecule has 0 saturated carbocycles. The van der Waals surface area contributed by atoms with Gasteiger partial charge in [-0.1, -0.05) is 26.7 Å². The zero-order chi connectivity index (χ0) is 27.1. The molecule has 0 aromatic heterocycles. The number of hydrogen-bond donors (Lipinski definition) is 8. The molecule has 5 amide bonds. The largest absolute Gasteiger partial charge is 0.480 e. The van der Waals surface area contributed by atoms with Crippen LogP contribution in [0.4, 0.5) is 0 Å². The van der Waals surface area contributed by atoms with Gasteiger partial charge in [0.05, 0.1) is 12.5 Å². The first-order valence-electron chi connectivity index (χ1n) is 11.5. The second-order valence-corrected chi connectivity index (χ2v) is 8.40. The van der Waals surface area contributed by atoms with Crippen molar-refractivity contribution in [3.05, 3.63) is 0 Å². The molecule has 14 nitrogen and oxygen atoms in total. The maximum Gasteiger partial charge on any atom is 0.326 e. The van der Waals surface area contributed by atoms with Crippen molar-refractivity contribution in [3.63, 3.8) is 0 Å². The van der Waals surface area contributed by atoms with E-state index >= 15 is 0 Å². The summed E-state index contributed by atoms with van der Waals surface area (Å²) in [6.45, 7) is 3.79. The highest BCUT2D eigenvalue weighted by molar-refractivity contribution is 5.96. The Bertz CT molecular complexity index is 762. The predicted molar refractivity (Wildman–Crippen MR) is 126 cm³/mol. The molecular weight excluding hydrogens is 462 g/mol. The van der Waals surface area contributed by atoms with E-state index in [9.17, 15) is 33.9 Å². The number of carbonyl (C=O) groups is 6. The molecule has 200 valence electrons. The molecule has 0 radical (unpaired) electrons. The maximum absolute atomic E-state index is 12.9. The average Bonchev–Trinajstić information content (AvgIpc) is 2.78. The van der Waals surface area contributed by atoms with Gasteiger partial charge in [0, 0.05) is 6.42 Å². The molecule has 0 bridgehead atoms. The highest BCUT2D eigenvalue weighted by Crippen LogP contribution is 2.09. The van der Waals surface area contributed by atoms with Crippen LogP contribution < -0.4 is 38.9 Å². The fourth-order valence-electron chi connectivity index (χ4n) is 3.09. The van der Waals surface area contributed by atoms with E-state index in [-0.39, 0.29) is 12.8 Å². The number of primary amides is 2. The van der Waals surface area contributed by atoms with Crippen molar-refractivity contribution in [2.45, 2.75) is 83.0 Å². The SMILES string of the molecule is CCC(C)C(NC(=O)C(CC(N)=O)NC(=O)C(CCC(N)=O)NC(=O)C(N)CCCCN)C(=O)O. The van der Waals surface area contributed by atoms with Crippen LogP contribution in [-0.4, -0.2) is 71.3 Å². The third-order valence-corrected chi connectivity index (χ3v) is 5.43. The molecule has 35 heavy (non-hydrogen) atoms. The van der Waals surface area contributed by atoms with Gasteiger partial charge >= 0.3 is 5.97 Å². The smallest absolute Gasteiger partial charge is 0.326 e. The number of carbonyl (C=O) groups excluding carboxylic acids is 5. The van der Waals surface area contributed by atoms with Crippen molar-refractivity contribution in [2.75, 3.05) is 6.54 Å². The number of carboxylic acids is 1. The van der Waals surface area contributed by atoms with Crippen LogP contribution in [0.5, 0.6) is 0 Å². The summed E-state index contributed by atoms with van der Waals surface area (Å²) in [7, 11) is 0. The lowest BCUT2D eigenvalue weighted by Crippen LogP contribution is -2.58. The van der Waals surface area contributed by atoms with Crippen molar-refractivity contribution in [3.8, 4) is 0 Å². The molecular formula is C21H39N7O7. The summed E-state index contributed by atoms with van der Waals surface area (Å²) >= 11 is 0. The molecule has 5 unspecified atom stereocenters. The number of rotatable bonds is 18. The van der Waals surface area contributed by atoms with Crippen molar-refractivity contribution < 1.29 is 33.9 Å². The van der Waals surface area contributed by atoms with Gasteiger partial charge in [-0.25, -0.2) is 4.79 Å². The molecule has 0 aliphatic carbocycles. The van der Waals surface area contributed by atoms with Crippen molar-refractivity contribution in [1.82, 2.24) is 16.0 Å². The van der Waals surface area contributed by atoms with Crippen LogP contribution >= 0.6 is 0 Å². The van der Waals surface area contributed by atoms with Crippen LogP contribution in [-0.2, 0) is 28.8 Å². The Kier molecular flexibility index (Phi) is 14.9. The molecule has 0 aliphatic heterocycles. The maximum atomic E-state index is 12.9. The van der Waals surface area contributed by atoms with Crippen LogP contribution in [0, 0.1) is 5.92 Å².